The molecule has 5 heteroatoms. The first-order chi connectivity index (χ1) is 8.22. The molecule has 5 nitrogen and oxygen atoms in total. The second kappa shape index (κ2) is 4.95. The highest BCUT2D eigenvalue weighted by molar-refractivity contribution is 5.70. The Kier molecular flexibility index (Phi) is 3.37. The van der Waals surface area contributed by atoms with Crippen LogP contribution in [0.3, 0.4) is 0 Å². The lowest BCUT2D eigenvalue weighted by Gasteiger charge is -2.10. The van der Waals surface area contributed by atoms with Gasteiger partial charge in [0.25, 0.3) is 0 Å². The highest BCUT2D eigenvalue weighted by Crippen LogP contribution is 2.23. The van der Waals surface area contributed by atoms with E-state index in [2.05, 4.69) is 29.4 Å². The first-order valence-corrected chi connectivity index (χ1v) is 5.83. The molecule has 1 atom stereocenters. The van der Waals surface area contributed by atoms with E-state index in [9.17, 15) is 0 Å². The maximum atomic E-state index is 5.94. The predicted molar refractivity (Wildman–Crippen MR) is 67.1 cm³/mol. The second-order valence-electron chi connectivity index (χ2n) is 4.29. The van der Waals surface area contributed by atoms with Crippen LogP contribution in [-0.4, -0.2) is 20.2 Å². The molecule has 0 fully saturated rings. The third kappa shape index (κ3) is 2.43. The number of para-hydroxylation sites is 1. The van der Waals surface area contributed by atoms with E-state index in [-0.39, 0.29) is 0 Å². The zero-order valence-corrected chi connectivity index (χ0v) is 10.2. The predicted octanol–water partition coefficient (Wildman–Crippen LogP) is 1.97. The minimum Gasteiger partial charge on any atom is -0.398 e. The molecular weight excluding hydrogens is 214 g/mol. The van der Waals surface area contributed by atoms with Gasteiger partial charge in [-0.2, -0.15) is 0 Å². The Morgan fingerprint density at radius 1 is 1.35 bits per heavy atom. The highest BCUT2D eigenvalue weighted by atomic mass is 15.5. The van der Waals surface area contributed by atoms with Crippen molar-refractivity contribution in [1.29, 1.82) is 0 Å². The summed E-state index contributed by atoms with van der Waals surface area (Å²) in [6, 6.07) is 7.64. The molecule has 0 saturated heterocycles. The molecule has 0 radical (unpaired) electrons. The molecule has 90 valence electrons. The Labute approximate surface area is 101 Å². The summed E-state index contributed by atoms with van der Waals surface area (Å²) in [5.74, 6) is 1.28. The number of hydrogen-bond acceptors (Lipinski definition) is 4. The summed E-state index contributed by atoms with van der Waals surface area (Å²) in [6.45, 7) is 5.15. The minimum absolute atomic E-state index is 0.544. The summed E-state index contributed by atoms with van der Waals surface area (Å²) >= 11 is 0. The first kappa shape index (κ1) is 11.6. The van der Waals surface area contributed by atoms with E-state index < -0.39 is 0 Å². The van der Waals surface area contributed by atoms with Crippen molar-refractivity contribution in [2.45, 2.75) is 26.8 Å². The van der Waals surface area contributed by atoms with Gasteiger partial charge >= 0.3 is 0 Å². The van der Waals surface area contributed by atoms with Crippen LogP contribution in [0.15, 0.2) is 24.3 Å². The average molecular weight is 231 g/mol. The number of rotatable bonds is 4. The summed E-state index contributed by atoms with van der Waals surface area (Å²) in [6.07, 6.45) is 1.10. The summed E-state index contributed by atoms with van der Waals surface area (Å²) in [4.78, 5) is 0. The molecule has 17 heavy (non-hydrogen) atoms. The van der Waals surface area contributed by atoms with Gasteiger partial charge in [0.2, 0.25) is 0 Å². The van der Waals surface area contributed by atoms with Crippen molar-refractivity contribution in [1.82, 2.24) is 20.2 Å². The third-order valence-corrected chi connectivity index (χ3v) is 2.92. The summed E-state index contributed by atoms with van der Waals surface area (Å²) in [5.41, 5.74) is 7.53. The van der Waals surface area contributed by atoms with Crippen molar-refractivity contribution in [3.05, 3.63) is 24.3 Å². The molecule has 1 aromatic carbocycles. The van der Waals surface area contributed by atoms with Gasteiger partial charge in [0.1, 0.15) is 0 Å². The maximum absolute atomic E-state index is 5.94. The van der Waals surface area contributed by atoms with E-state index in [0.717, 1.165) is 24.4 Å². The molecular formula is C12H17N5. The molecule has 2 rings (SSSR count). The minimum atomic E-state index is 0.544. The van der Waals surface area contributed by atoms with Crippen LogP contribution in [-0.2, 0) is 6.54 Å². The summed E-state index contributed by atoms with van der Waals surface area (Å²) < 4.78 is 1.82. The van der Waals surface area contributed by atoms with Crippen LogP contribution in [0.25, 0.3) is 11.4 Å². The van der Waals surface area contributed by atoms with Gasteiger partial charge in [0.05, 0.1) is 0 Å². The molecule has 0 aliphatic carbocycles. The normalized spacial score (nSPS) is 12.6. The number of nitrogens with two attached hydrogens (primary N) is 1. The molecule has 1 aromatic heterocycles. The number of anilines is 1. The maximum Gasteiger partial charge on any atom is 0.184 e. The zero-order chi connectivity index (χ0) is 12.3. The smallest absolute Gasteiger partial charge is 0.184 e. The van der Waals surface area contributed by atoms with Crippen molar-refractivity contribution in [2.24, 2.45) is 5.92 Å². The number of benzene rings is 1. The molecule has 2 aromatic rings. The quantitative estimate of drug-likeness (QED) is 0.817. The number of hydrogen-bond donors (Lipinski definition) is 1. The van der Waals surface area contributed by atoms with Crippen molar-refractivity contribution in [3.8, 4) is 11.4 Å². The first-order valence-electron chi connectivity index (χ1n) is 5.83. The number of aromatic nitrogens is 4. The molecule has 1 heterocycles. The van der Waals surface area contributed by atoms with Crippen LogP contribution in [0.5, 0.6) is 0 Å². The van der Waals surface area contributed by atoms with Crippen molar-refractivity contribution in [3.63, 3.8) is 0 Å². The van der Waals surface area contributed by atoms with Crippen molar-refractivity contribution >= 4 is 5.69 Å². The number of nitrogens with zero attached hydrogens (tertiary/aromatic N) is 4. The van der Waals surface area contributed by atoms with Gasteiger partial charge in [-0.25, -0.2) is 4.68 Å². The molecule has 0 aliphatic rings. The van der Waals surface area contributed by atoms with E-state index >= 15 is 0 Å². The van der Waals surface area contributed by atoms with E-state index in [0.29, 0.717) is 11.6 Å². The third-order valence-electron chi connectivity index (χ3n) is 2.92. The van der Waals surface area contributed by atoms with Gasteiger partial charge in [0.15, 0.2) is 5.82 Å². The molecule has 2 N–H and O–H groups in total. The van der Waals surface area contributed by atoms with Gasteiger partial charge in [-0.1, -0.05) is 32.4 Å². The van der Waals surface area contributed by atoms with Gasteiger partial charge in [0, 0.05) is 17.8 Å². The van der Waals surface area contributed by atoms with Crippen molar-refractivity contribution in [2.75, 3.05) is 5.73 Å². The summed E-state index contributed by atoms with van der Waals surface area (Å²) in [5, 5.41) is 11.8. The number of tetrazole rings is 1. The molecule has 0 bridgehead atoms. The fraction of sp³-hybridized carbons (Fsp3) is 0.417. The Hall–Kier alpha value is -1.91. The molecule has 0 amide bonds. The van der Waals surface area contributed by atoms with E-state index in [1.54, 1.807) is 0 Å². The lowest BCUT2D eigenvalue weighted by molar-refractivity contribution is 0.434. The van der Waals surface area contributed by atoms with Crippen LogP contribution in [0, 0.1) is 5.92 Å². The van der Waals surface area contributed by atoms with Gasteiger partial charge in [-0.05, 0) is 28.5 Å². The van der Waals surface area contributed by atoms with Gasteiger partial charge in [-0.3, -0.25) is 0 Å². The van der Waals surface area contributed by atoms with E-state index in [1.807, 2.05) is 28.9 Å². The van der Waals surface area contributed by atoms with Crippen LogP contribution < -0.4 is 5.73 Å². The Morgan fingerprint density at radius 2 is 2.12 bits per heavy atom. The monoisotopic (exact) mass is 231 g/mol. The number of nitrogen functional groups attached to an aromatic ring is 1. The van der Waals surface area contributed by atoms with Crippen molar-refractivity contribution < 1.29 is 0 Å². The molecule has 1 unspecified atom stereocenters. The molecule has 0 saturated carbocycles. The fourth-order valence-electron chi connectivity index (χ4n) is 1.65. The lowest BCUT2D eigenvalue weighted by Crippen LogP contribution is -2.10. The van der Waals surface area contributed by atoms with Crippen LogP contribution >= 0.6 is 0 Å². The lowest BCUT2D eigenvalue weighted by atomic mass is 10.1. The standard InChI is InChI=1S/C12H17N5/c1-3-9(2)8-17-12(14-15-16-17)10-6-4-5-7-11(10)13/h4-7,9H,3,8,13H2,1-2H3. The van der Waals surface area contributed by atoms with E-state index in [1.165, 1.54) is 0 Å². The van der Waals surface area contributed by atoms with Gasteiger partial charge in [-0.15, -0.1) is 5.10 Å². The van der Waals surface area contributed by atoms with Crippen LogP contribution in [0.2, 0.25) is 0 Å². The molecule has 0 aliphatic heterocycles. The fourth-order valence-corrected chi connectivity index (χ4v) is 1.65. The zero-order valence-electron chi connectivity index (χ0n) is 10.2. The van der Waals surface area contributed by atoms with Gasteiger partial charge < -0.3 is 5.73 Å². The SMILES string of the molecule is CCC(C)Cn1nnnc1-c1ccccc1N. The Bertz CT molecular complexity index is 491. The largest absolute Gasteiger partial charge is 0.398 e. The second-order valence-corrected chi connectivity index (χ2v) is 4.29. The Balaban J connectivity index is 2.34. The molecule has 0 spiro atoms. The summed E-state index contributed by atoms with van der Waals surface area (Å²) in [7, 11) is 0. The topological polar surface area (TPSA) is 69.6 Å². The average Bonchev–Trinajstić information content (AvgIpc) is 2.77. The van der Waals surface area contributed by atoms with E-state index in [4.69, 9.17) is 5.73 Å². The Morgan fingerprint density at radius 3 is 2.82 bits per heavy atom. The highest BCUT2D eigenvalue weighted by Gasteiger charge is 2.12. The van der Waals surface area contributed by atoms with Crippen LogP contribution in [0.4, 0.5) is 5.69 Å². The van der Waals surface area contributed by atoms with Crippen LogP contribution in [0.1, 0.15) is 20.3 Å².